The normalized spacial score (nSPS) is 12.6. The zero-order valence-electron chi connectivity index (χ0n) is 11.6. The van der Waals surface area contributed by atoms with E-state index in [1.807, 2.05) is 0 Å². The minimum absolute atomic E-state index is 0.149. The first-order valence-corrected chi connectivity index (χ1v) is 7.88. The first-order valence-electron chi connectivity index (χ1n) is 5.99. The third kappa shape index (κ3) is 3.21. The fourth-order valence-electron chi connectivity index (χ4n) is 2.00. The molecule has 0 atom stereocenters. The van der Waals surface area contributed by atoms with E-state index in [0.717, 1.165) is 42.4 Å². The molecule has 0 aliphatic carbocycles. The number of halogens is 3. The van der Waals surface area contributed by atoms with Crippen LogP contribution in [0.5, 0.6) is 0 Å². The molecule has 0 N–H and O–H groups in total. The van der Waals surface area contributed by atoms with E-state index in [1.54, 1.807) is 0 Å². The van der Waals surface area contributed by atoms with Crippen LogP contribution in [0.1, 0.15) is 11.3 Å². The molecule has 2 heterocycles. The van der Waals surface area contributed by atoms with E-state index in [4.69, 9.17) is 0 Å². The van der Waals surface area contributed by atoms with Crippen molar-refractivity contribution in [2.24, 2.45) is 7.05 Å². The van der Waals surface area contributed by atoms with Crippen molar-refractivity contribution in [2.45, 2.75) is 17.6 Å². The van der Waals surface area contributed by atoms with Gasteiger partial charge in [-0.2, -0.15) is 18.3 Å². The summed E-state index contributed by atoms with van der Waals surface area (Å²) < 4.78 is 63.4. The van der Waals surface area contributed by atoms with E-state index in [-0.39, 0.29) is 10.5 Å². The van der Waals surface area contributed by atoms with E-state index in [1.165, 1.54) is 0 Å². The van der Waals surface area contributed by atoms with Gasteiger partial charge in [0.25, 0.3) is 5.56 Å². The maximum absolute atomic E-state index is 13.0. The summed E-state index contributed by atoms with van der Waals surface area (Å²) in [4.78, 5) is 11.6. The minimum atomic E-state index is -4.63. The van der Waals surface area contributed by atoms with Crippen LogP contribution in [-0.4, -0.2) is 29.0 Å². The maximum Gasteiger partial charge on any atom is 0.433 e. The molecule has 22 heavy (non-hydrogen) atoms. The number of alkyl halides is 3. The second-order valence-electron chi connectivity index (χ2n) is 4.74. The highest BCUT2D eigenvalue weighted by atomic mass is 32.2. The lowest BCUT2D eigenvalue weighted by atomic mass is 10.2. The van der Waals surface area contributed by atoms with Crippen molar-refractivity contribution in [2.75, 3.05) is 6.26 Å². The van der Waals surface area contributed by atoms with Gasteiger partial charge >= 0.3 is 6.18 Å². The third-order valence-electron chi connectivity index (χ3n) is 3.01. The first-order chi connectivity index (χ1) is 10.00. The molecule has 0 unspecified atom stereocenters. The van der Waals surface area contributed by atoms with Gasteiger partial charge in [0.1, 0.15) is 5.69 Å². The fourth-order valence-corrected chi connectivity index (χ4v) is 2.63. The van der Waals surface area contributed by atoms with Gasteiger partial charge in [-0.1, -0.05) is 0 Å². The van der Waals surface area contributed by atoms with Gasteiger partial charge < -0.3 is 4.57 Å². The lowest BCUT2D eigenvalue weighted by Crippen LogP contribution is -2.22. The van der Waals surface area contributed by atoms with Crippen molar-refractivity contribution in [1.82, 2.24) is 14.3 Å². The molecule has 0 saturated carbocycles. The summed E-state index contributed by atoms with van der Waals surface area (Å²) in [5.74, 6) is 0. The van der Waals surface area contributed by atoms with Crippen LogP contribution in [0.2, 0.25) is 0 Å². The van der Waals surface area contributed by atoms with Gasteiger partial charge in [0.2, 0.25) is 0 Å². The van der Waals surface area contributed by atoms with Gasteiger partial charge in [-0.3, -0.25) is 9.48 Å². The third-order valence-corrected chi connectivity index (χ3v) is 4.11. The standard InChI is InChI=1S/C12H12F3N3O3S/c1-17-11(12(13,14)15)8(5-16-17)6-18-7-9(22(2,20)21)3-4-10(18)19/h3-5,7H,6H2,1-2H3. The number of aromatic nitrogens is 3. The van der Waals surface area contributed by atoms with Crippen molar-refractivity contribution in [1.29, 1.82) is 0 Å². The Kier molecular flexibility index (Phi) is 3.90. The number of pyridine rings is 1. The Hall–Kier alpha value is -2.10. The van der Waals surface area contributed by atoms with E-state index in [2.05, 4.69) is 5.10 Å². The van der Waals surface area contributed by atoms with Gasteiger partial charge in [0.15, 0.2) is 9.84 Å². The zero-order valence-corrected chi connectivity index (χ0v) is 12.4. The van der Waals surface area contributed by atoms with Crippen LogP contribution in [0.15, 0.2) is 34.2 Å². The SMILES string of the molecule is Cn1ncc(Cn2cc(S(C)(=O)=O)ccc2=O)c1C(F)(F)F. The molecule has 0 aliphatic rings. The topological polar surface area (TPSA) is 74.0 Å². The van der Waals surface area contributed by atoms with Gasteiger partial charge in [-0.15, -0.1) is 0 Å². The Bertz CT molecular complexity index is 866. The molecular formula is C12H12F3N3O3S. The molecule has 0 fully saturated rings. The predicted octanol–water partition coefficient (Wildman–Crippen LogP) is 1.05. The fraction of sp³-hybridized carbons (Fsp3) is 0.333. The Labute approximate surface area is 123 Å². The van der Waals surface area contributed by atoms with Crippen LogP contribution < -0.4 is 5.56 Å². The number of hydrogen-bond donors (Lipinski definition) is 0. The summed E-state index contributed by atoms with van der Waals surface area (Å²) in [7, 11) is -2.43. The average molecular weight is 335 g/mol. The lowest BCUT2D eigenvalue weighted by molar-refractivity contribution is -0.144. The molecule has 0 radical (unpaired) electrons. The summed E-state index contributed by atoms with van der Waals surface area (Å²) in [6.45, 7) is -0.426. The van der Waals surface area contributed by atoms with Crippen molar-refractivity contribution >= 4 is 9.84 Å². The monoisotopic (exact) mass is 335 g/mol. The summed E-state index contributed by atoms with van der Waals surface area (Å²) >= 11 is 0. The van der Waals surface area contributed by atoms with Crippen LogP contribution >= 0.6 is 0 Å². The molecule has 0 amide bonds. The van der Waals surface area contributed by atoms with E-state index in [9.17, 15) is 26.4 Å². The number of rotatable bonds is 3. The first kappa shape index (κ1) is 16.3. The van der Waals surface area contributed by atoms with Crippen LogP contribution in [0.25, 0.3) is 0 Å². The highest BCUT2D eigenvalue weighted by molar-refractivity contribution is 7.90. The molecule has 2 aromatic rings. The molecule has 6 nitrogen and oxygen atoms in total. The Morgan fingerprint density at radius 3 is 2.45 bits per heavy atom. The zero-order chi connectivity index (χ0) is 16.7. The molecule has 120 valence electrons. The van der Waals surface area contributed by atoms with Crippen molar-refractivity contribution < 1.29 is 21.6 Å². The van der Waals surface area contributed by atoms with Crippen molar-refractivity contribution in [3.63, 3.8) is 0 Å². The van der Waals surface area contributed by atoms with Crippen LogP contribution in [-0.2, 0) is 29.6 Å². The molecule has 0 bridgehead atoms. The van der Waals surface area contributed by atoms with E-state index in [0.29, 0.717) is 4.68 Å². The summed E-state index contributed by atoms with van der Waals surface area (Å²) in [6.07, 6.45) is -1.66. The highest BCUT2D eigenvalue weighted by Gasteiger charge is 2.37. The molecule has 2 rings (SSSR count). The molecule has 0 saturated heterocycles. The van der Waals surface area contributed by atoms with Gasteiger partial charge in [-0.05, 0) is 6.07 Å². The summed E-state index contributed by atoms with van der Waals surface area (Å²) in [5, 5.41) is 3.54. The molecule has 0 aliphatic heterocycles. The van der Waals surface area contributed by atoms with Gasteiger partial charge in [-0.25, -0.2) is 8.42 Å². The van der Waals surface area contributed by atoms with Gasteiger partial charge in [0.05, 0.1) is 17.6 Å². The number of sulfone groups is 1. The number of nitrogens with zero attached hydrogens (tertiary/aromatic N) is 3. The van der Waals surface area contributed by atoms with Crippen molar-refractivity contribution in [3.8, 4) is 0 Å². The van der Waals surface area contributed by atoms with Crippen LogP contribution in [0.4, 0.5) is 13.2 Å². The molecule has 0 spiro atoms. The molecule has 0 aromatic carbocycles. The lowest BCUT2D eigenvalue weighted by Gasteiger charge is -2.11. The van der Waals surface area contributed by atoms with Gasteiger partial charge in [0, 0.05) is 31.1 Å². The molecule has 10 heteroatoms. The Morgan fingerprint density at radius 2 is 1.91 bits per heavy atom. The van der Waals surface area contributed by atoms with Crippen molar-refractivity contribution in [3.05, 3.63) is 46.1 Å². The number of aryl methyl sites for hydroxylation is 1. The Morgan fingerprint density at radius 1 is 1.27 bits per heavy atom. The van der Waals surface area contributed by atoms with Crippen LogP contribution in [0.3, 0.4) is 0 Å². The Balaban J connectivity index is 2.51. The second kappa shape index (κ2) is 5.27. The van der Waals surface area contributed by atoms with Crippen LogP contribution in [0, 0.1) is 0 Å². The maximum atomic E-state index is 13.0. The molecule has 2 aromatic heterocycles. The smallest absolute Gasteiger partial charge is 0.310 e. The quantitative estimate of drug-likeness (QED) is 0.840. The second-order valence-corrected chi connectivity index (χ2v) is 6.76. The molecular weight excluding hydrogens is 323 g/mol. The predicted molar refractivity (Wildman–Crippen MR) is 71.1 cm³/mol. The van der Waals surface area contributed by atoms with E-state index < -0.39 is 33.8 Å². The minimum Gasteiger partial charge on any atom is -0.310 e. The largest absolute Gasteiger partial charge is 0.433 e. The summed E-state index contributed by atoms with van der Waals surface area (Å²) in [5.41, 5.74) is -1.81. The summed E-state index contributed by atoms with van der Waals surface area (Å²) in [6, 6.07) is 2.11. The number of hydrogen-bond acceptors (Lipinski definition) is 4. The highest BCUT2D eigenvalue weighted by Crippen LogP contribution is 2.31. The average Bonchev–Trinajstić information content (AvgIpc) is 2.71. The van der Waals surface area contributed by atoms with E-state index >= 15 is 0 Å².